The number of benzene rings is 1. The summed E-state index contributed by atoms with van der Waals surface area (Å²) in [5.74, 6) is 0.172. The predicted octanol–water partition coefficient (Wildman–Crippen LogP) is 2.66. The largest absolute Gasteiger partial charge is 0.573 e. The number of para-hydroxylation sites is 1. The van der Waals surface area contributed by atoms with Crippen molar-refractivity contribution >= 4 is 29.1 Å². The lowest BCUT2D eigenvalue weighted by Crippen LogP contribution is -2.47. The molecule has 2 N–H and O–H groups in total. The molecule has 10 heteroatoms. The van der Waals surface area contributed by atoms with Gasteiger partial charge in [0.15, 0.2) is 5.75 Å². The summed E-state index contributed by atoms with van der Waals surface area (Å²) >= 11 is 0. The van der Waals surface area contributed by atoms with Crippen molar-refractivity contribution in [3.63, 3.8) is 0 Å². The van der Waals surface area contributed by atoms with Crippen LogP contribution in [0.5, 0.6) is 5.75 Å². The van der Waals surface area contributed by atoms with Crippen molar-refractivity contribution in [2.45, 2.75) is 19.3 Å². The molecule has 1 aromatic carbocycles. The van der Waals surface area contributed by atoms with E-state index in [2.05, 4.69) is 30.2 Å². The second kappa shape index (κ2) is 8.70. The molecule has 1 aliphatic rings. The molecule has 0 unspecified atom stereocenters. The first-order valence-electron chi connectivity index (χ1n) is 8.11. The molecule has 1 saturated heterocycles. The summed E-state index contributed by atoms with van der Waals surface area (Å²) < 4.78 is 41.7. The predicted molar refractivity (Wildman–Crippen MR) is 95.9 cm³/mol. The van der Waals surface area contributed by atoms with E-state index in [0.29, 0.717) is 11.2 Å². The van der Waals surface area contributed by atoms with Crippen LogP contribution in [0.15, 0.2) is 24.5 Å². The number of fused-ring (bicyclic) bond motifs is 1. The number of halogens is 4. The van der Waals surface area contributed by atoms with Crippen LogP contribution >= 0.6 is 12.4 Å². The van der Waals surface area contributed by atoms with Gasteiger partial charge in [0.1, 0.15) is 17.7 Å². The van der Waals surface area contributed by atoms with Crippen LogP contribution in [-0.2, 0) is 0 Å². The molecule has 3 rings (SSSR count). The highest BCUT2D eigenvalue weighted by atomic mass is 35.5. The van der Waals surface area contributed by atoms with Crippen molar-refractivity contribution in [2.75, 3.05) is 38.0 Å². The van der Waals surface area contributed by atoms with Crippen LogP contribution in [0.1, 0.15) is 6.92 Å². The van der Waals surface area contributed by atoms with Crippen molar-refractivity contribution in [1.29, 1.82) is 0 Å². The molecule has 2 heterocycles. The van der Waals surface area contributed by atoms with E-state index in [-0.39, 0.29) is 29.7 Å². The van der Waals surface area contributed by atoms with Gasteiger partial charge < -0.3 is 15.4 Å². The molecule has 1 fully saturated rings. The second-order valence-corrected chi connectivity index (χ2v) is 6.02. The lowest BCUT2D eigenvalue weighted by molar-refractivity contribution is -0.274. The normalized spacial score (nSPS) is 16.8. The van der Waals surface area contributed by atoms with Gasteiger partial charge in [-0.05, 0) is 19.1 Å². The third-order valence-electron chi connectivity index (χ3n) is 3.98. The maximum absolute atomic E-state index is 12.5. The fourth-order valence-corrected chi connectivity index (χ4v) is 2.94. The topological polar surface area (TPSA) is 62.3 Å². The number of alkyl halides is 3. The minimum atomic E-state index is -4.76. The Morgan fingerprint density at radius 2 is 2.00 bits per heavy atom. The van der Waals surface area contributed by atoms with E-state index in [1.807, 2.05) is 6.92 Å². The molecule has 0 saturated carbocycles. The summed E-state index contributed by atoms with van der Waals surface area (Å²) in [6, 6.07) is 4.51. The van der Waals surface area contributed by atoms with Gasteiger partial charge in [-0.3, -0.25) is 4.90 Å². The molecule has 26 heavy (non-hydrogen) atoms. The molecular weight excluding hydrogens is 371 g/mol. The molecule has 1 aromatic heterocycles. The quantitative estimate of drug-likeness (QED) is 0.817. The van der Waals surface area contributed by atoms with Crippen molar-refractivity contribution in [1.82, 2.24) is 20.2 Å². The highest BCUT2D eigenvalue weighted by molar-refractivity contribution is 5.92. The van der Waals surface area contributed by atoms with E-state index in [4.69, 9.17) is 0 Å². The van der Waals surface area contributed by atoms with Crippen molar-refractivity contribution in [3.05, 3.63) is 24.5 Å². The van der Waals surface area contributed by atoms with Crippen LogP contribution in [0.2, 0.25) is 0 Å². The standard InChI is InChI=1S/C16H20F3N5O.ClH/c1-11(9-24-7-5-20-6-8-24)23-15-12-3-2-4-13(25-16(17,18)19)14(12)21-10-22-15;/h2-4,10-11,20H,5-9H2,1H3,(H,21,22,23);1H/t11-;/m0./s1. The summed E-state index contributed by atoms with van der Waals surface area (Å²) in [6.07, 6.45) is -3.52. The number of nitrogens with one attached hydrogen (secondary N) is 2. The molecular formula is C16H21ClF3N5O. The fraction of sp³-hybridized carbons (Fsp3) is 0.500. The Morgan fingerprint density at radius 1 is 1.27 bits per heavy atom. The van der Waals surface area contributed by atoms with E-state index in [9.17, 15) is 13.2 Å². The van der Waals surface area contributed by atoms with Crippen LogP contribution in [-0.4, -0.2) is 60.0 Å². The second-order valence-electron chi connectivity index (χ2n) is 6.02. The Bertz CT molecular complexity index is 725. The van der Waals surface area contributed by atoms with E-state index in [0.717, 1.165) is 32.7 Å². The third kappa shape index (κ3) is 5.33. The van der Waals surface area contributed by atoms with Gasteiger partial charge in [-0.25, -0.2) is 9.97 Å². The minimum Gasteiger partial charge on any atom is -0.403 e. The van der Waals surface area contributed by atoms with Gasteiger partial charge in [-0.2, -0.15) is 0 Å². The lowest BCUT2D eigenvalue weighted by atomic mass is 10.2. The summed E-state index contributed by atoms with van der Waals surface area (Å²) in [5.41, 5.74) is 0.131. The number of aromatic nitrogens is 2. The molecule has 0 spiro atoms. The summed E-state index contributed by atoms with van der Waals surface area (Å²) in [4.78, 5) is 10.5. The first kappa shape index (κ1) is 20.5. The van der Waals surface area contributed by atoms with E-state index in [1.165, 1.54) is 18.5 Å². The van der Waals surface area contributed by atoms with Gasteiger partial charge in [0.05, 0.1) is 0 Å². The maximum Gasteiger partial charge on any atom is 0.573 e. The molecule has 2 aromatic rings. The Morgan fingerprint density at radius 3 is 2.69 bits per heavy atom. The summed E-state index contributed by atoms with van der Waals surface area (Å²) in [6.45, 7) is 6.71. The number of rotatable bonds is 5. The Hall–Kier alpha value is -1.84. The number of ether oxygens (including phenoxy) is 1. The average Bonchev–Trinajstić information content (AvgIpc) is 2.55. The lowest BCUT2D eigenvalue weighted by Gasteiger charge is -2.30. The van der Waals surface area contributed by atoms with Gasteiger partial charge in [0, 0.05) is 44.2 Å². The van der Waals surface area contributed by atoms with Crippen molar-refractivity contribution in [3.8, 4) is 5.75 Å². The number of hydrogen-bond acceptors (Lipinski definition) is 6. The zero-order chi connectivity index (χ0) is 17.9. The van der Waals surface area contributed by atoms with E-state index in [1.54, 1.807) is 6.07 Å². The zero-order valence-corrected chi connectivity index (χ0v) is 15.0. The van der Waals surface area contributed by atoms with Gasteiger partial charge in [-0.1, -0.05) is 6.07 Å². The number of hydrogen-bond donors (Lipinski definition) is 2. The van der Waals surface area contributed by atoms with Crippen molar-refractivity contribution < 1.29 is 17.9 Å². The molecule has 0 radical (unpaired) electrons. The monoisotopic (exact) mass is 391 g/mol. The Kier molecular flexibility index (Phi) is 6.85. The first-order valence-corrected chi connectivity index (χ1v) is 8.11. The maximum atomic E-state index is 12.5. The van der Waals surface area contributed by atoms with Crippen LogP contribution in [0.4, 0.5) is 19.0 Å². The van der Waals surface area contributed by atoms with Gasteiger partial charge in [0.2, 0.25) is 0 Å². The highest BCUT2D eigenvalue weighted by Gasteiger charge is 2.32. The number of anilines is 1. The highest BCUT2D eigenvalue weighted by Crippen LogP contribution is 2.31. The molecule has 0 bridgehead atoms. The fourth-order valence-electron chi connectivity index (χ4n) is 2.94. The first-order chi connectivity index (χ1) is 11.9. The van der Waals surface area contributed by atoms with Crippen LogP contribution in [0.25, 0.3) is 10.9 Å². The minimum absolute atomic E-state index is 0. The van der Waals surface area contributed by atoms with Crippen molar-refractivity contribution in [2.24, 2.45) is 0 Å². The zero-order valence-electron chi connectivity index (χ0n) is 14.2. The molecule has 1 aliphatic heterocycles. The van der Waals surface area contributed by atoms with Crippen LogP contribution < -0.4 is 15.4 Å². The smallest absolute Gasteiger partial charge is 0.403 e. The molecule has 6 nitrogen and oxygen atoms in total. The average molecular weight is 392 g/mol. The summed E-state index contributed by atoms with van der Waals surface area (Å²) in [7, 11) is 0. The molecule has 1 atom stereocenters. The van der Waals surface area contributed by atoms with Crippen LogP contribution in [0.3, 0.4) is 0 Å². The summed E-state index contributed by atoms with van der Waals surface area (Å²) in [5, 5.41) is 7.07. The Labute approximate surface area is 155 Å². The van der Waals surface area contributed by atoms with E-state index >= 15 is 0 Å². The van der Waals surface area contributed by atoms with E-state index < -0.39 is 6.36 Å². The third-order valence-corrected chi connectivity index (χ3v) is 3.98. The number of nitrogens with zero attached hydrogens (tertiary/aromatic N) is 3. The van der Waals surface area contributed by atoms with Crippen LogP contribution in [0, 0.1) is 0 Å². The molecule has 0 aliphatic carbocycles. The van der Waals surface area contributed by atoms with Gasteiger partial charge >= 0.3 is 6.36 Å². The SMILES string of the molecule is C[C@@H](CN1CCNCC1)Nc1ncnc2c(OC(F)(F)F)cccc12.Cl. The Balaban J connectivity index is 0.00000243. The van der Waals surface area contributed by atoms with Gasteiger partial charge in [0.25, 0.3) is 0 Å². The number of piperazine rings is 1. The molecule has 0 amide bonds. The van der Waals surface area contributed by atoms with Gasteiger partial charge in [-0.15, -0.1) is 25.6 Å². The molecule has 144 valence electrons.